The molecule has 0 radical (unpaired) electrons. The van der Waals surface area contributed by atoms with Gasteiger partial charge in [0.25, 0.3) is 0 Å². The summed E-state index contributed by atoms with van der Waals surface area (Å²) in [4.78, 5) is 0. The maximum absolute atomic E-state index is 6.50. The molecule has 0 aromatic rings. The van der Waals surface area contributed by atoms with Crippen LogP contribution in [0.3, 0.4) is 0 Å². The van der Waals surface area contributed by atoms with Gasteiger partial charge >= 0.3 is 14.2 Å². The fourth-order valence-electron chi connectivity index (χ4n) is 4.18. The maximum Gasteiger partial charge on any atom is 0.490 e. The Morgan fingerprint density at radius 2 is 1.04 bits per heavy atom. The molecule has 0 atom stereocenters. The van der Waals surface area contributed by atoms with Crippen molar-refractivity contribution in [2.45, 2.75) is 115 Å². The van der Waals surface area contributed by atoms with Gasteiger partial charge in [-0.1, -0.05) is 19.3 Å². The fourth-order valence-corrected chi connectivity index (χ4v) is 4.18. The minimum atomic E-state index is -0.419. The van der Waals surface area contributed by atoms with Crippen LogP contribution in [0, 0.1) is 0 Å². The second-order valence-electron chi connectivity index (χ2n) is 10.4. The highest BCUT2D eigenvalue weighted by Gasteiger charge is 2.64. The molecule has 1 aliphatic carbocycles. The molecule has 3 rings (SSSR count). The Balaban J connectivity index is 1.91. The standard InChI is InChI=1S/C20H36B2O4/c1-15(21-23-16(2,3)17(4,5)24-21)20(13-11-10-12-14-20)22-25-18(6,7)19(8,9)26-22/h1,10-14H2,2-9H3. The van der Waals surface area contributed by atoms with E-state index in [0.717, 1.165) is 31.2 Å². The smallest absolute Gasteiger partial charge is 0.403 e. The molecule has 2 saturated heterocycles. The second kappa shape index (κ2) is 6.10. The van der Waals surface area contributed by atoms with Gasteiger partial charge in [-0.25, -0.2) is 0 Å². The average molecular weight is 362 g/mol. The van der Waals surface area contributed by atoms with Gasteiger partial charge in [0.05, 0.1) is 22.4 Å². The van der Waals surface area contributed by atoms with Crippen LogP contribution in [0.1, 0.15) is 87.5 Å². The van der Waals surface area contributed by atoms with Crippen LogP contribution in [0.2, 0.25) is 5.31 Å². The van der Waals surface area contributed by atoms with Crippen molar-refractivity contribution in [2.24, 2.45) is 0 Å². The van der Waals surface area contributed by atoms with Gasteiger partial charge in [0.15, 0.2) is 0 Å². The molecule has 0 unspecified atom stereocenters. The Morgan fingerprint density at radius 3 is 1.46 bits per heavy atom. The quantitative estimate of drug-likeness (QED) is 0.665. The van der Waals surface area contributed by atoms with Gasteiger partial charge in [-0.15, -0.1) is 6.58 Å². The van der Waals surface area contributed by atoms with Gasteiger partial charge in [0, 0.05) is 5.31 Å². The van der Waals surface area contributed by atoms with Crippen molar-refractivity contribution < 1.29 is 18.6 Å². The van der Waals surface area contributed by atoms with Gasteiger partial charge in [-0.05, 0) is 73.7 Å². The first-order valence-electron chi connectivity index (χ1n) is 10.1. The third-order valence-corrected chi connectivity index (χ3v) is 7.63. The Bertz CT molecular complexity index is 544. The lowest BCUT2D eigenvalue weighted by Crippen LogP contribution is -2.43. The molecule has 3 aliphatic rings. The van der Waals surface area contributed by atoms with E-state index in [1.165, 1.54) is 6.42 Å². The minimum Gasteiger partial charge on any atom is -0.403 e. The monoisotopic (exact) mass is 362 g/mol. The van der Waals surface area contributed by atoms with Gasteiger partial charge in [0.2, 0.25) is 0 Å². The Morgan fingerprint density at radius 1 is 0.654 bits per heavy atom. The summed E-state index contributed by atoms with van der Waals surface area (Å²) in [6.07, 6.45) is 5.57. The average Bonchev–Trinajstić information content (AvgIpc) is 2.87. The molecule has 1 saturated carbocycles. The van der Waals surface area contributed by atoms with Gasteiger partial charge in [0.1, 0.15) is 0 Å². The lowest BCUT2D eigenvalue weighted by Gasteiger charge is -2.41. The molecule has 6 heteroatoms. The Kier molecular flexibility index (Phi) is 4.80. The van der Waals surface area contributed by atoms with Crippen LogP contribution < -0.4 is 0 Å². The number of hydrogen-bond acceptors (Lipinski definition) is 4. The summed E-state index contributed by atoms with van der Waals surface area (Å²) in [5, 5.41) is -0.259. The highest BCUT2D eigenvalue weighted by atomic mass is 16.7. The largest absolute Gasteiger partial charge is 0.490 e. The molecule has 26 heavy (non-hydrogen) atoms. The first-order chi connectivity index (χ1) is 11.7. The topological polar surface area (TPSA) is 36.9 Å². The maximum atomic E-state index is 6.50. The first-order valence-corrected chi connectivity index (χ1v) is 10.1. The van der Waals surface area contributed by atoms with Crippen molar-refractivity contribution in [3.8, 4) is 0 Å². The van der Waals surface area contributed by atoms with Crippen LogP contribution in [0.15, 0.2) is 12.1 Å². The van der Waals surface area contributed by atoms with Crippen molar-refractivity contribution in [1.29, 1.82) is 0 Å². The van der Waals surface area contributed by atoms with Gasteiger partial charge in [-0.3, -0.25) is 0 Å². The molecular formula is C20H36B2O4. The summed E-state index contributed by atoms with van der Waals surface area (Å²) in [5.74, 6) is 0. The van der Waals surface area contributed by atoms with Crippen LogP contribution in [0.5, 0.6) is 0 Å². The van der Waals surface area contributed by atoms with Crippen LogP contribution in [0.25, 0.3) is 0 Å². The Hall–Kier alpha value is -0.290. The van der Waals surface area contributed by atoms with E-state index in [9.17, 15) is 0 Å². The molecule has 0 N–H and O–H groups in total. The molecule has 0 amide bonds. The van der Waals surface area contributed by atoms with Crippen molar-refractivity contribution in [3.05, 3.63) is 12.1 Å². The fraction of sp³-hybridized carbons (Fsp3) is 0.900. The van der Waals surface area contributed by atoms with Crippen LogP contribution >= 0.6 is 0 Å². The normalized spacial score (nSPS) is 31.2. The van der Waals surface area contributed by atoms with E-state index in [2.05, 4.69) is 62.0 Å². The van der Waals surface area contributed by atoms with Crippen LogP contribution in [-0.4, -0.2) is 36.6 Å². The SMILES string of the molecule is C=C(B1OC(C)(C)C(C)(C)O1)C1(B2OC(C)(C)C(C)(C)O2)CCCCC1. The van der Waals surface area contributed by atoms with E-state index >= 15 is 0 Å². The third kappa shape index (κ3) is 3.01. The summed E-state index contributed by atoms with van der Waals surface area (Å²) >= 11 is 0. The number of allylic oxidation sites excluding steroid dienone is 1. The molecule has 0 aromatic carbocycles. The van der Waals surface area contributed by atoms with E-state index < -0.39 is 7.12 Å². The second-order valence-corrected chi connectivity index (χ2v) is 10.4. The molecule has 4 nitrogen and oxygen atoms in total. The van der Waals surface area contributed by atoms with E-state index in [1.54, 1.807) is 0 Å². The van der Waals surface area contributed by atoms with E-state index in [4.69, 9.17) is 18.6 Å². The van der Waals surface area contributed by atoms with E-state index in [-0.39, 0.29) is 34.8 Å². The van der Waals surface area contributed by atoms with Gasteiger partial charge in [-0.2, -0.15) is 0 Å². The molecule has 2 aliphatic heterocycles. The lowest BCUT2D eigenvalue weighted by molar-refractivity contribution is 0.00578. The minimum absolute atomic E-state index is 0.259. The predicted molar refractivity (Wildman–Crippen MR) is 107 cm³/mol. The molecule has 0 spiro atoms. The summed E-state index contributed by atoms with van der Waals surface area (Å²) in [7, 11) is -0.726. The van der Waals surface area contributed by atoms with Gasteiger partial charge < -0.3 is 18.6 Å². The van der Waals surface area contributed by atoms with Crippen LogP contribution in [0.4, 0.5) is 0 Å². The summed E-state index contributed by atoms with van der Waals surface area (Å²) in [6.45, 7) is 21.3. The predicted octanol–water partition coefficient (Wildman–Crippen LogP) is 4.97. The van der Waals surface area contributed by atoms with Crippen molar-refractivity contribution in [2.75, 3.05) is 0 Å². The highest BCUT2D eigenvalue weighted by Crippen LogP contribution is 2.58. The zero-order valence-electron chi connectivity index (χ0n) is 18.0. The zero-order valence-corrected chi connectivity index (χ0v) is 18.0. The molecule has 2 heterocycles. The van der Waals surface area contributed by atoms with Crippen molar-refractivity contribution >= 4 is 14.2 Å². The summed E-state index contributed by atoms with van der Waals surface area (Å²) < 4.78 is 25.7. The first kappa shape index (κ1) is 20.4. The third-order valence-electron chi connectivity index (χ3n) is 7.63. The molecule has 0 bridgehead atoms. The van der Waals surface area contributed by atoms with Crippen molar-refractivity contribution in [3.63, 3.8) is 0 Å². The zero-order chi connectivity index (χ0) is 19.6. The molecule has 0 aromatic heterocycles. The molecule has 146 valence electrons. The summed E-state index contributed by atoms with van der Waals surface area (Å²) in [6, 6.07) is 0. The van der Waals surface area contributed by atoms with Crippen molar-refractivity contribution in [1.82, 2.24) is 0 Å². The molecular weight excluding hydrogens is 326 g/mol. The van der Waals surface area contributed by atoms with E-state index in [0.29, 0.717) is 0 Å². The van der Waals surface area contributed by atoms with E-state index in [1.807, 2.05) is 0 Å². The lowest BCUT2D eigenvalue weighted by atomic mass is 9.42. The Labute approximate surface area is 160 Å². The molecule has 3 fully saturated rings. The van der Waals surface area contributed by atoms with Crippen LogP contribution in [-0.2, 0) is 18.6 Å². The number of rotatable bonds is 3. The highest BCUT2D eigenvalue weighted by molar-refractivity contribution is 6.62. The summed E-state index contributed by atoms with van der Waals surface area (Å²) in [5.41, 5.74) is -0.454. The number of hydrogen-bond donors (Lipinski definition) is 0.